The van der Waals surface area contributed by atoms with Gasteiger partial charge in [-0.2, -0.15) is 0 Å². The SMILES string of the molecule is CCCCCCC(CCCC)C(C)S(C)(=O)=O. The number of hydrogen-bond acceptors (Lipinski definition) is 2. The van der Waals surface area contributed by atoms with Gasteiger partial charge in [0.1, 0.15) is 9.84 Å². The summed E-state index contributed by atoms with van der Waals surface area (Å²) in [5, 5.41) is -0.171. The molecule has 104 valence electrons. The van der Waals surface area contributed by atoms with Gasteiger partial charge in [-0.15, -0.1) is 0 Å². The normalized spacial score (nSPS) is 15.8. The molecule has 0 aliphatic rings. The van der Waals surface area contributed by atoms with Crippen LogP contribution < -0.4 is 0 Å². The molecule has 0 fully saturated rings. The van der Waals surface area contributed by atoms with E-state index >= 15 is 0 Å². The van der Waals surface area contributed by atoms with Crippen LogP contribution in [0, 0.1) is 5.92 Å². The molecule has 0 heterocycles. The van der Waals surface area contributed by atoms with Crippen molar-refractivity contribution in [2.75, 3.05) is 6.26 Å². The topological polar surface area (TPSA) is 34.1 Å². The van der Waals surface area contributed by atoms with Gasteiger partial charge in [0.2, 0.25) is 0 Å². The molecule has 0 aromatic rings. The molecule has 0 aromatic heterocycles. The molecule has 2 nitrogen and oxygen atoms in total. The van der Waals surface area contributed by atoms with E-state index in [1.807, 2.05) is 6.92 Å². The van der Waals surface area contributed by atoms with Crippen LogP contribution in [0.1, 0.15) is 72.1 Å². The zero-order chi connectivity index (χ0) is 13.3. The van der Waals surface area contributed by atoms with Crippen LogP contribution in [-0.4, -0.2) is 19.9 Å². The monoisotopic (exact) mass is 262 g/mol. The molecule has 0 aromatic carbocycles. The van der Waals surface area contributed by atoms with Gasteiger partial charge < -0.3 is 0 Å². The van der Waals surface area contributed by atoms with Crippen molar-refractivity contribution in [3.05, 3.63) is 0 Å². The maximum Gasteiger partial charge on any atom is 0.150 e. The van der Waals surface area contributed by atoms with E-state index in [2.05, 4.69) is 13.8 Å². The standard InChI is InChI=1S/C14H30O2S/c1-5-7-9-10-12-14(11-8-6-2)13(3)17(4,15)16/h13-14H,5-12H2,1-4H3. The van der Waals surface area contributed by atoms with Crippen LogP contribution >= 0.6 is 0 Å². The second-order valence-corrected chi connectivity index (χ2v) is 7.69. The van der Waals surface area contributed by atoms with E-state index in [1.54, 1.807) is 0 Å². The Morgan fingerprint density at radius 1 is 0.882 bits per heavy atom. The molecule has 0 bridgehead atoms. The third-order valence-corrected chi connectivity index (χ3v) is 5.43. The predicted octanol–water partition coefficient (Wildman–Crippen LogP) is 4.20. The summed E-state index contributed by atoms with van der Waals surface area (Å²) in [4.78, 5) is 0. The van der Waals surface area contributed by atoms with Gasteiger partial charge in [-0.25, -0.2) is 8.42 Å². The molecule has 2 unspecified atom stereocenters. The lowest BCUT2D eigenvalue weighted by atomic mass is 9.92. The lowest BCUT2D eigenvalue weighted by Crippen LogP contribution is -2.26. The van der Waals surface area contributed by atoms with Gasteiger partial charge in [0.25, 0.3) is 0 Å². The summed E-state index contributed by atoms with van der Waals surface area (Å²) in [7, 11) is -2.88. The highest BCUT2D eigenvalue weighted by molar-refractivity contribution is 7.91. The first-order valence-electron chi connectivity index (χ1n) is 7.12. The molecular weight excluding hydrogens is 232 g/mol. The first kappa shape index (κ1) is 16.9. The molecule has 0 saturated heterocycles. The minimum Gasteiger partial charge on any atom is -0.229 e. The Bertz CT molecular complexity index is 270. The van der Waals surface area contributed by atoms with Gasteiger partial charge in [0.05, 0.1) is 5.25 Å². The molecule has 0 radical (unpaired) electrons. The van der Waals surface area contributed by atoms with Gasteiger partial charge >= 0.3 is 0 Å². The first-order valence-corrected chi connectivity index (χ1v) is 9.07. The summed E-state index contributed by atoms with van der Waals surface area (Å²) < 4.78 is 23.2. The molecule has 0 aliphatic carbocycles. The van der Waals surface area contributed by atoms with Crippen molar-refractivity contribution in [1.29, 1.82) is 0 Å². The molecule has 0 N–H and O–H groups in total. The first-order chi connectivity index (χ1) is 7.93. The lowest BCUT2D eigenvalue weighted by molar-refractivity contribution is 0.398. The fourth-order valence-electron chi connectivity index (χ4n) is 2.26. The van der Waals surface area contributed by atoms with Crippen LogP contribution in [0.15, 0.2) is 0 Å². The highest BCUT2D eigenvalue weighted by atomic mass is 32.2. The van der Waals surface area contributed by atoms with Crippen molar-refractivity contribution in [1.82, 2.24) is 0 Å². The van der Waals surface area contributed by atoms with Gasteiger partial charge in [0.15, 0.2) is 0 Å². The Morgan fingerprint density at radius 2 is 1.41 bits per heavy atom. The Hall–Kier alpha value is -0.0500. The Kier molecular flexibility index (Phi) is 8.93. The van der Waals surface area contributed by atoms with E-state index in [-0.39, 0.29) is 5.25 Å². The fourth-order valence-corrected chi connectivity index (χ4v) is 3.23. The summed E-state index contributed by atoms with van der Waals surface area (Å²) >= 11 is 0. The molecule has 0 saturated carbocycles. The van der Waals surface area contributed by atoms with Crippen molar-refractivity contribution in [3.8, 4) is 0 Å². The Labute approximate surface area is 108 Å². The third kappa shape index (κ3) is 7.80. The van der Waals surface area contributed by atoms with Crippen LogP contribution in [0.2, 0.25) is 0 Å². The number of rotatable bonds is 10. The highest BCUT2D eigenvalue weighted by Crippen LogP contribution is 2.24. The maximum absolute atomic E-state index is 11.6. The quantitative estimate of drug-likeness (QED) is 0.553. The number of hydrogen-bond donors (Lipinski definition) is 0. The van der Waals surface area contributed by atoms with Crippen LogP contribution in [0.3, 0.4) is 0 Å². The maximum atomic E-state index is 11.6. The van der Waals surface area contributed by atoms with Crippen molar-refractivity contribution in [2.24, 2.45) is 5.92 Å². The van der Waals surface area contributed by atoms with E-state index in [1.165, 1.54) is 31.9 Å². The van der Waals surface area contributed by atoms with E-state index in [0.29, 0.717) is 5.92 Å². The van der Waals surface area contributed by atoms with Crippen LogP contribution in [0.5, 0.6) is 0 Å². The van der Waals surface area contributed by atoms with E-state index in [4.69, 9.17) is 0 Å². The molecule has 0 aliphatic heterocycles. The zero-order valence-electron chi connectivity index (χ0n) is 12.0. The summed E-state index contributed by atoms with van der Waals surface area (Å²) in [6, 6.07) is 0. The lowest BCUT2D eigenvalue weighted by Gasteiger charge is -2.22. The van der Waals surface area contributed by atoms with Gasteiger partial charge in [-0.05, 0) is 25.7 Å². The average molecular weight is 262 g/mol. The van der Waals surface area contributed by atoms with E-state index < -0.39 is 9.84 Å². The zero-order valence-corrected chi connectivity index (χ0v) is 12.9. The second-order valence-electron chi connectivity index (χ2n) is 5.29. The smallest absolute Gasteiger partial charge is 0.150 e. The second kappa shape index (κ2) is 8.96. The Morgan fingerprint density at radius 3 is 1.88 bits per heavy atom. The molecular formula is C14H30O2S. The fraction of sp³-hybridized carbons (Fsp3) is 1.00. The summed E-state index contributed by atoms with van der Waals surface area (Å²) in [6.07, 6.45) is 10.8. The van der Waals surface area contributed by atoms with E-state index in [0.717, 1.165) is 25.7 Å². The number of sulfone groups is 1. The largest absolute Gasteiger partial charge is 0.229 e. The average Bonchev–Trinajstić information content (AvgIpc) is 2.26. The van der Waals surface area contributed by atoms with Crippen LogP contribution in [0.25, 0.3) is 0 Å². The molecule has 3 heteroatoms. The van der Waals surface area contributed by atoms with Crippen molar-refractivity contribution < 1.29 is 8.42 Å². The summed E-state index contributed by atoms with van der Waals surface area (Å²) in [5.74, 6) is 0.363. The van der Waals surface area contributed by atoms with E-state index in [9.17, 15) is 8.42 Å². The molecule has 0 spiro atoms. The van der Waals surface area contributed by atoms with Crippen LogP contribution in [0.4, 0.5) is 0 Å². The minimum absolute atomic E-state index is 0.171. The van der Waals surface area contributed by atoms with Crippen molar-refractivity contribution in [3.63, 3.8) is 0 Å². The molecule has 2 atom stereocenters. The van der Waals surface area contributed by atoms with Gasteiger partial charge in [-0.3, -0.25) is 0 Å². The van der Waals surface area contributed by atoms with Gasteiger partial charge in [0, 0.05) is 6.26 Å². The summed E-state index contributed by atoms with van der Waals surface area (Å²) in [6.45, 7) is 6.25. The molecule has 0 rings (SSSR count). The highest BCUT2D eigenvalue weighted by Gasteiger charge is 2.24. The van der Waals surface area contributed by atoms with Crippen molar-refractivity contribution in [2.45, 2.75) is 77.4 Å². The van der Waals surface area contributed by atoms with Crippen LogP contribution in [-0.2, 0) is 9.84 Å². The summed E-state index contributed by atoms with van der Waals surface area (Å²) in [5.41, 5.74) is 0. The Balaban J connectivity index is 4.22. The van der Waals surface area contributed by atoms with Crippen molar-refractivity contribution >= 4 is 9.84 Å². The minimum atomic E-state index is -2.88. The number of unbranched alkanes of at least 4 members (excludes halogenated alkanes) is 4. The molecule has 17 heavy (non-hydrogen) atoms. The molecule has 0 amide bonds. The predicted molar refractivity (Wildman–Crippen MR) is 76.1 cm³/mol. The van der Waals surface area contributed by atoms with Gasteiger partial charge in [-0.1, -0.05) is 52.4 Å². The third-order valence-electron chi connectivity index (χ3n) is 3.70.